The van der Waals surface area contributed by atoms with Gasteiger partial charge in [-0.1, -0.05) is 11.6 Å². The van der Waals surface area contributed by atoms with Gasteiger partial charge in [-0.3, -0.25) is 20.2 Å². The van der Waals surface area contributed by atoms with E-state index in [1.807, 2.05) is 0 Å². The maximum absolute atomic E-state index is 10.9. The molecule has 0 heterocycles. The monoisotopic (exact) mass is 271 g/mol. The van der Waals surface area contributed by atoms with Gasteiger partial charge in [0.2, 0.25) is 0 Å². The minimum atomic E-state index is -0.724. The smallest absolute Gasteiger partial charge is 0.285 e. The number of nitrogens with zero attached hydrogens (tertiary/aromatic N) is 3. The lowest BCUT2D eigenvalue weighted by atomic mass is 10.1. The number of hydrogen-bond acceptors (Lipinski definition) is 5. The normalized spacial score (nSPS) is 10.6. The Kier molecular flexibility index (Phi) is 4.22. The van der Waals surface area contributed by atoms with Crippen LogP contribution in [0.15, 0.2) is 18.3 Å². The first-order valence-electron chi connectivity index (χ1n) is 4.80. The maximum Gasteiger partial charge on any atom is 0.285 e. The maximum atomic E-state index is 10.9. The second-order valence-electron chi connectivity index (χ2n) is 3.65. The summed E-state index contributed by atoms with van der Waals surface area (Å²) < 4.78 is 0. The fourth-order valence-corrected chi connectivity index (χ4v) is 1.51. The van der Waals surface area contributed by atoms with Crippen molar-refractivity contribution in [1.82, 2.24) is 4.90 Å². The van der Waals surface area contributed by atoms with Crippen molar-refractivity contribution < 1.29 is 9.85 Å². The number of benzene rings is 1. The third-order valence-electron chi connectivity index (χ3n) is 2.04. The minimum Gasteiger partial charge on any atom is -0.383 e. The zero-order chi connectivity index (χ0) is 13.9. The average Bonchev–Trinajstić information content (AvgIpc) is 2.25. The minimum absolute atomic E-state index is 0.0333. The second-order valence-corrected chi connectivity index (χ2v) is 4.06. The molecule has 0 aliphatic heterocycles. The van der Waals surface area contributed by atoms with Gasteiger partial charge in [-0.2, -0.15) is 0 Å². The quantitative estimate of drug-likeness (QED) is 0.620. The van der Waals surface area contributed by atoms with Gasteiger partial charge in [0.05, 0.1) is 26.5 Å². The molecular formula is C10H10ClN3O4. The molecule has 0 unspecified atom stereocenters. The van der Waals surface area contributed by atoms with Gasteiger partial charge in [0.1, 0.15) is 0 Å². The summed E-state index contributed by atoms with van der Waals surface area (Å²) in [6.45, 7) is 0. The third kappa shape index (κ3) is 3.17. The highest BCUT2D eigenvalue weighted by molar-refractivity contribution is 6.32. The molecule has 1 aromatic rings. The molecule has 0 bridgehead atoms. The van der Waals surface area contributed by atoms with E-state index >= 15 is 0 Å². The molecular weight excluding hydrogens is 262 g/mol. The van der Waals surface area contributed by atoms with Crippen molar-refractivity contribution in [2.75, 3.05) is 14.1 Å². The molecule has 8 heteroatoms. The van der Waals surface area contributed by atoms with Gasteiger partial charge in [-0.15, -0.1) is 0 Å². The van der Waals surface area contributed by atoms with Gasteiger partial charge in [-0.05, 0) is 12.3 Å². The van der Waals surface area contributed by atoms with Gasteiger partial charge in [0.25, 0.3) is 11.4 Å². The van der Waals surface area contributed by atoms with Crippen LogP contribution in [0.2, 0.25) is 5.02 Å². The predicted molar refractivity (Wildman–Crippen MR) is 67.5 cm³/mol. The van der Waals surface area contributed by atoms with E-state index in [-0.39, 0.29) is 10.6 Å². The van der Waals surface area contributed by atoms with E-state index in [0.29, 0.717) is 0 Å². The fraction of sp³-hybridized carbons (Fsp3) is 0.200. The van der Waals surface area contributed by atoms with E-state index in [2.05, 4.69) is 0 Å². The molecule has 0 saturated heterocycles. The van der Waals surface area contributed by atoms with E-state index in [1.54, 1.807) is 25.2 Å². The molecule has 0 spiro atoms. The van der Waals surface area contributed by atoms with Gasteiger partial charge >= 0.3 is 0 Å². The van der Waals surface area contributed by atoms with Crippen LogP contribution in [0.5, 0.6) is 0 Å². The molecule has 0 N–H and O–H groups in total. The van der Waals surface area contributed by atoms with Gasteiger partial charge in [0, 0.05) is 20.2 Å². The van der Waals surface area contributed by atoms with Gasteiger partial charge in [0.15, 0.2) is 0 Å². The Morgan fingerprint density at radius 1 is 1.22 bits per heavy atom. The van der Waals surface area contributed by atoms with Crippen LogP contribution in [0.25, 0.3) is 6.08 Å². The summed E-state index contributed by atoms with van der Waals surface area (Å²) >= 11 is 5.83. The average molecular weight is 272 g/mol. The first-order chi connectivity index (χ1) is 8.32. The van der Waals surface area contributed by atoms with E-state index in [1.165, 1.54) is 6.08 Å². The predicted octanol–water partition coefficient (Wildman–Crippen LogP) is 2.69. The Balaban J connectivity index is 3.41. The Morgan fingerprint density at radius 3 is 2.28 bits per heavy atom. The fourth-order valence-electron chi connectivity index (χ4n) is 1.23. The Bertz CT molecular complexity index is 528. The summed E-state index contributed by atoms with van der Waals surface area (Å²) in [6.07, 6.45) is 3.00. The molecule has 96 valence electrons. The van der Waals surface area contributed by atoms with Crippen LogP contribution in [-0.4, -0.2) is 28.8 Å². The zero-order valence-electron chi connectivity index (χ0n) is 9.66. The van der Waals surface area contributed by atoms with Crippen molar-refractivity contribution >= 4 is 29.1 Å². The molecule has 1 aromatic carbocycles. The highest BCUT2D eigenvalue weighted by Crippen LogP contribution is 2.32. The van der Waals surface area contributed by atoms with Crippen molar-refractivity contribution in [3.05, 3.63) is 49.1 Å². The Hall–Kier alpha value is -2.15. The van der Waals surface area contributed by atoms with Crippen molar-refractivity contribution in [2.45, 2.75) is 0 Å². The molecule has 0 saturated carbocycles. The third-order valence-corrected chi connectivity index (χ3v) is 2.35. The number of hydrogen-bond donors (Lipinski definition) is 0. The lowest BCUT2D eigenvalue weighted by Gasteiger charge is -2.05. The van der Waals surface area contributed by atoms with Crippen LogP contribution in [0, 0.1) is 20.2 Å². The van der Waals surface area contributed by atoms with Crippen molar-refractivity contribution in [2.24, 2.45) is 0 Å². The van der Waals surface area contributed by atoms with E-state index < -0.39 is 21.2 Å². The summed E-state index contributed by atoms with van der Waals surface area (Å²) in [5, 5.41) is 21.4. The van der Waals surface area contributed by atoms with Crippen LogP contribution in [-0.2, 0) is 0 Å². The lowest BCUT2D eigenvalue weighted by molar-refractivity contribution is -0.394. The zero-order valence-corrected chi connectivity index (χ0v) is 10.4. The van der Waals surface area contributed by atoms with E-state index in [0.717, 1.165) is 12.1 Å². The summed E-state index contributed by atoms with van der Waals surface area (Å²) in [6, 6.07) is 1.98. The van der Waals surface area contributed by atoms with Crippen LogP contribution in [0.3, 0.4) is 0 Å². The number of nitro groups is 2. The lowest BCUT2D eigenvalue weighted by Crippen LogP contribution is -2.01. The molecule has 0 aromatic heterocycles. The molecule has 0 aliphatic carbocycles. The second kappa shape index (κ2) is 5.46. The summed E-state index contributed by atoms with van der Waals surface area (Å²) in [4.78, 5) is 21.7. The molecule has 1 rings (SSSR count). The topological polar surface area (TPSA) is 89.5 Å². The highest BCUT2D eigenvalue weighted by Gasteiger charge is 2.21. The standard InChI is InChI=1S/C10H10ClN3O4/c1-12(2)4-3-8-9(11)5-7(13(15)16)6-10(8)14(17)18/h3-6H,1-2H3/b4-3+. The molecule has 0 atom stereocenters. The molecule has 0 fully saturated rings. The van der Waals surface area contributed by atoms with Crippen molar-refractivity contribution in [3.8, 4) is 0 Å². The number of rotatable bonds is 4. The van der Waals surface area contributed by atoms with Crippen molar-refractivity contribution in [3.63, 3.8) is 0 Å². The summed E-state index contributed by atoms with van der Waals surface area (Å²) in [5.74, 6) is 0. The molecule has 0 aliphatic rings. The Labute approximate surface area is 108 Å². The molecule has 7 nitrogen and oxygen atoms in total. The number of non-ortho nitro benzene ring substituents is 1. The summed E-state index contributed by atoms with van der Waals surface area (Å²) in [7, 11) is 3.48. The van der Waals surface area contributed by atoms with Gasteiger partial charge < -0.3 is 4.90 Å². The highest BCUT2D eigenvalue weighted by atomic mass is 35.5. The summed E-state index contributed by atoms with van der Waals surface area (Å²) in [5.41, 5.74) is -0.665. The van der Waals surface area contributed by atoms with Crippen LogP contribution < -0.4 is 0 Å². The van der Waals surface area contributed by atoms with Crippen LogP contribution in [0.4, 0.5) is 11.4 Å². The Morgan fingerprint density at radius 2 is 1.83 bits per heavy atom. The van der Waals surface area contributed by atoms with E-state index in [4.69, 9.17) is 11.6 Å². The first-order valence-corrected chi connectivity index (χ1v) is 5.17. The van der Waals surface area contributed by atoms with Crippen LogP contribution in [0.1, 0.15) is 5.56 Å². The van der Waals surface area contributed by atoms with E-state index in [9.17, 15) is 20.2 Å². The molecule has 0 amide bonds. The first kappa shape index (κ1) is 13.9. The SMILES string of the molecule is CN(C)/C=C/c1c(Cl)cc([N+](=O)[O-])cc1[N+](=O)[O-]. The molecule has 18 heavy (non-hydrogen) atoms. The molecule has 0 radical (unpaired) electrons. The van der Waals surface area contributed by atoms with Crippen LogP contribution >= 0.6 is 11.6 Å². The van der Waals surface area contributed by atoms with Gasteiger partial charge in [-0.25, -0.2) is 0 Å². The van der Waals surface area contributed by atoms with Crippen molar-refractivity contribution in [1.29, 1.82) is 0 Å². The number of nitro benzene ring substituents is 2. The largest absolute Gasteiger partial charge is 0.383 e. The number of halogens is 1.